The summed E-state index contributed by atoms with van der Waals surface area (Å²) in [5, 5.41) is 2.67. The standard InChI is InChI=1S/C16H21FN4O2/c1-3-18-16(22)21-7-11(17)14(8-21)23-9-15-19-12-5-4-10(2)6-13(12)20-15/h4-6,11,14H,3,7-9H2,1-2H3,(H,18,22)(H,19,20)/t11-,14+/m1/s1. The molecule has 124 valence electrons. The third kappa shape index (κ3) is 3.44. The monoisotopic (exact) mass is 320 g/mol. The molecule has 2 N–H and O–H groups in total. The zero-order valence-electron chi connectivity index (χ0n) is 13.3. The number of carbonyl (C=O) groups excluding carboxylic acids is 1. The quantitative estimate of drug-likeness (QED) is 0.907. The van der Waals surface area contributed by atoms with E-state index in [-0.39, 0.29) is 25.7 Å². The van der Waals surface area contributed by atoms with Crippen LogP contribution in [0.2, 0.25) is 0 Å². The molecule has 0 saturated carbocycles. The molecular formula is C16H21FN4O2. The third-order valence-electron chi connectivity index (χ3n) is 3.93. The van der Waals surface area contributed by atoms with Gasteiger partial charge >= 0.3 is 6.03 Å². The minimum absolute atomic E-state index is 0.0653. The van der Waals surface area contributed by atoms with Crippen LogP contribution in [-0.4, -0.2) is 52.8 Å². The fourth-order valence-electron chi connectivity index (χ4n) is 2.75. The number of hydrogen-bond donors (Lipinski definition) is 2. The number of carbonyl (C=O) groups is 1. The molecule has 2 aromatic rings. The molecular weight excluding hydrogens is 299 g/mol. The molecule has 2 atom stereocenters. The van der Waals surface area contributed by atoms with E-state index in [1.54, 1.807) is 0 Å². The number of aryl methyl sites for hydroxylation is 1. The second kappa shape index (κ2) is 6.54. The summed E-state index contributed by atoms with van der Waals surface area (Å²) in [6.07, 6.45) is -1.79. The van der Waals surface area contributed by atoms with Gasteiger partial charge in [0.25, 0.3) is 0 Å². The van der Waals surface area contributed by atoms with Crippen LogP contribution in [0.25, 0.3) is 11.0 Å². The summed E-state index contributed by atoms with van der Waals surface area (Å²) in [6, 6.07) is 5.69. The zero-order valence-corrected chi connectivity index (χ0v) is 13.3. The minimum Gasteiger partial charge on any atom is -0.365 e. The van der Waals surface area contributed by atoms with Gasteiger partial charge in [0.05, 0.1) is 24.1 Å². The molecule has 0 radical (unpaired) electrons. The molecule has 0 bridgehead atoms. The first-order chi connectivity index (χ1) is 11.1. The van der Waals surface area contributed by atoms with Crippen molar-refractivity contribution in [1.82, 2.24) is 20.2 Å². The lowest BCUT2D eigenvalue weighted by Gasteiger charge is -2.16. The van der Waals surface area contributed by atoms with Crippen molar-refractivity contribution in [2.24, 2.45) is 0 Å². The maximum atomic E-state index is 14.0. The Balaban J connectivity index is 1.60. The Morgan fingerprint density at radius 1 is 1.52 bits per heavy atom. The summed E-state index contributed by atoms with van der Waals surface area (Å²) < 4.78 is 19.7. The number of rotatable bonds is 4. The van der Waals surface area contributed by atoms with Gasteiger partial charge < -0.3 is 19.9 Å². The number of halogens is 1. The number of nitrogens with zero attached hydrogens (tertiary/aromatic N) is 2. The Bertz CT molecular complexity index is 702. The largest absolute Gasteiger partial charge is 0.365 e. The number of benzene rings is 1. The van der Waals surface area contributed by atoms with Gasteiger partial charge in [0.2, 0.25) is 0 Å². The van der Waals surface area contributed by atoms with Crippen molar-refractivity contribution in [1.29, 1.82) is 0 Å². The third-order valence-corrected chi connectivity index (χ3v) is 3.93. The highest BCUT2D eigenvalue weighted by Crippen LogP contribution is 2.19. The molecule has 0 aliphatic carbocycles. The van der Waals surface area contributed by atoms with Crippen molar-refractivity contribution in [3.63, 3.8) is 0 Å². The maximum absolute atomic E-state index is 14.0. The van der Waals surface area contributed by atoms with Crippen LogP contribution in [-0.2, 0) is 11.3 Å². The van der Waals surface area contributed by atoms with Crippen molar-refractivity contribution in [2.45, 2.75) is 32.7 Å². The first kappa shape index (κ1) is 15.7. The van der Waals surface area contributed by atoms with E-state index in [0.29, 0.717) is 12.4 Å². The van der Waals surface area contributed by atoms with Gasteiger partial charge in [-0.2, -0.15) is 0 Å². The fraction of sp³-hybridized carbons (Fsp3) is 0.500. The lowest BCUT2D eigenvalue weighted by Crippen LogP contribution is -2.39. The van der Waals surface area contributed by atoms with Crippen molar-refractivity contribution >= 4 is 17.1 Å². The van der Waals surface area contributed by atoms with Crippen LogP contribution in [0.5, 0.6) is 0 Å². The van der Waals surface area contributed by atoms with Crippen LogP contribution < -0.4 is 5.32 Å². The Morgan fingerprint density at radius 3 is 3.13 bits per heavy atom. The van der Waals surface area contributed by atoms with Crippen molar-refractivity contribution < 1.29 is 13.9 Å². The molecule has 1 aromatic heterocycles. The first-order valence-corrected chi connectivity index (χ1v) is 7.80. The van der Waals surface area contributed by atoms with Crippen LogP contribution in [0.15, 0.2) is 18.2 Å². The van der Waals surface area contributed by atoms with Gasteiger partial charge in [0, 0.05) is 6.54 Å². The number of nitrogens with one attached hydrogen (secondary N) is 2. The second-order valence-corrected chi connectivity index (χ2v) is 5.81. The van der Waals surface area contributed by atoms with E-state index < -0.39 is 12.3 Å². The maximum Gasteiger partial charge on any atom is 0.317 e. The van der Waals surface area contributed by atoms with Gasteiger partial charge in [0.15, 0.2) is 0 Å². The molecule has 3 rings (SSSR count). The summed E-state index contributed by atoms with van der Waals surface area (Å²) >= 11 is 0. The number of hydrogen-bond acceptors (Lipinski definition) is 3. The summed E-state index contributed by atoms with van der Waals surface area (Å²) in [7, 11) is 0. The smallest absolute Gasteiger partial charge is 0.317 e. The zero-order chi connectivity index (χ0) is 16.4. The molecule has 2 heterocycles. The molecule has 1 aliphatic rings. The summed E-state index contributed by atoms with van der Waals surface area (Å²) in [5.41, 5.74) is 2.95. The normalized spacial score (nSPS) is 21.1. The number of urea groups is 1. The van der Waals surface area contributed by atoms with E-state index >= 15 is 0 Å². The average Bonchev–Trinajstić information content (AvgIpc) is 3.08. The minimum atomic E-state index is -1.18. The van der Waals surface area contributed by atoms with Gasteiger partial charge in [-0.1, -0.05) is 6.07 Å². The molecule has 0 spiro atoms. The predicted molar refractivity (Wildman–Crippen MR) is 84.9 cm³/mol. The molecule has 1 fully saturated rings. The van der Waals surface area contributed by atoms with Crippen molar-refractivity contribution in [3.05, 3.63) is 29.6 Å². The highest BCUT2D eigenvalue weighted by Gasteiger charge is 2.36. The number of alkyl halides is 1. The lowest BCUT2D eigenvalue weighted by molar-refractivity contribution is 0.00952. The molecule has 2 amide bonds. The van der Waals surface area contributed by atoms with E-state index in [2.05, 4.69) is 15.3 Å². The van der Waals surface area contributed by atoms with Gasteiger partial charge in [-0.3, -0.25) is 0 Å². The van der Waals surface area contributed by atoms with Crippen LogP contribution in [0.1, 0.15) is 18.3 Å². The number of aromatic amines is 1. The van der Waals surface area contributed by atoms with Crippen LogP contribution in [0.4, 0.5) is 9.18 Å². The van der Waals surface area contributed by atoms with E-state index in [4.69, 9.17) is 4.74 Å². The highest BCUT2D eigenvalue weighted by molar-refractivity contribution is 5.75. The van der Waals surface area contributed by atoms with Gasteiger partial charge in [-0.05, 0) is 31.5 Å². The van der Waals surface area contributed by atoms with Gasteiger partial charge in [-0.15, -0.1) is 0 Å². The highest BCUT2D eigenvalue weighted by atomic mass is 19.1. The molecule has 1 saturated heterocycles. The molecule has 6 nitrogen and oxygen atoms in total. The predicted octanol–water partition coefficient (Wildman–Crippen LogP) is 2.14. The van der Waals surface area contributed by atoms with Crippen LogP contribution in [0, 0.1) is 6.92 Å². The van der Waals surface area contributed by atoms with Gasteiger partial charge in [-0.25, -0.2) is 14.2 Å². The Hall–Kier alpha value is -2.15. The summed E-state index contributed by atoms with van der Waals surface area (Å²) in [5.74, 6) is 0.661. The molecule has 1 aromatic carbocycles. The number of fused-ring (bicyclic) bond motifs is 1. The Labute approximate surface area is 134 Å². The number of ether oxygens (including phenoxy) is 1. The van der Waals surface area contributed by atoms with E-state index in [1.807, 2.05) is 32.0 Å². The number of aromatic nitrogens is 2. The fourth-order valence-corrected chi connectivity index (χ4v) is 2.75. The molecule has 23 heavy (non-hydrogen) atoms. The number of likely N-dealkylation sites (tertiary alicyclic amines) is 1. The average molecular weight is 320 g/mol. The van der Waals surface area contributed by atoms with E-state index in [0.717, 1.165) is 16.6 Å². The van der Waals surface area contributed by atoms with Crippen LogP contribution in [0.3, 0.4) is 0 Å². The number of H-pyrrole nitrogens is 1. The topological polar surface area (TPSA) is 70.2 Å². The van der Waals surface area contributed by atoms with Crippen LogP contribution >= 0.6 is 0 Å². The summed E-state index contributed by atoms with van der Waals surface area (Å²) in [4.78, 5) is 20.8. The molecule has 0 unspecified atom stereocenters. The van der Waals surface area contributed by atoms with E-state index in [1.165, 1.54) is 4.90 Å². The molecule has 7 heteroatoms. The number of imidazole rings is 1. The SMILES string of the molecule is CCNC(=O)N1C[C@@H](F)[C@@H](OCc2nc3ccc(C)cc3[nH]2)C1. The molecule has 1 aliphatic heterocycles. The lowest BCUT2D eigenvalue weighted by atomic mass is 10.2. The summed E-state index contributed by atoms with van der Waals surface area (Å²) in [6.45, 7) is 4.89. The Kier molecular flexibility index (Phi) is 4.47. The first-order valence-electron chi connectivity index (χ1n) is 7.80. The van der Waals surface area contributed by atoms with Crippen molar-refractivity contribution in [3.8, 4) is 0 Å². The van der Waals surface area contributed by atoms with E-state index in [9.17, 15) is 9.18 Å². The van der Waals surface area contributed by atoms with Crippen molar-refractivity contribution in [2.75, 3.05) is 19.6 Å². The number of amides is 2. The second-order valence-electron chi connectivity index (χ2n) is 5.81. The Morgan fingerprint density at radius 2 is 2.35 bits per heavy atom. The van der Waals surface area contributed by atoms with Gasteiger partial charge in [0.1, 0.15) is 24.7 Å².